The van der Waals surface area contributed by atoms with Gasteiger partial charge in [0, 0.05) is 11.0 Å². The molecular formula is C18H20N2O3S. The van der Waals surface area contributed by atoms with Crippen molar-refractivity contribution in [2.24, 2.45) is 0 Å². The fourth-order valence-corrected chi connectivity index (χ4v) is 2.47. The summed E-state index contributed by atoms with van der Waals surface area (Å²) >= 11 is 1.52. The van der Waals surface area contributed by atoms with Crippen molar-refractivity contribution in [3.63, 3.8) is 0 Å². The zero-order chi connectivity index (χ0) is 17.5. The predicted octanol–water partition coefficient (Wildman–Crippen LogP) is 2.99. The number of hydrazine groups is 1. The third-order valence-electron chi connectivity index (χ3n) is 3.41. The van der Waals surface area contributed by atoms with Crippen LogP contribution in [0.15, 0.2) is 41.8 Å². The lowest BCUT2D eigenvalue weighted by atomic mass is 10.1. The monoisotopic (exact) mass is 344 g/mol. The molecule has 1 heterocycles. The van der Waals surface area contributed by atoms with Gasteiger partial charge in [-0.05, 0) is 61.6 Å². The molecule has 0 saturated heterocycles. The topological polar surface area (TPSA) is 67.4 Å². The Hall–Kier alpha value is -2.60. The molecule has 0 spiro atoms. The van der Waals surface area contributed by atoms with Crippen LogP contribution in [-0.2, 0) is 9.59 Å². The van der Waals surface area contributed by atoms with E-state index < -0.39 is 17.9 Å². The van der Waals surface area contributed by atoms with Crippen LogP contribution in [0.5, 0.6) is 5.75 Å². The van der Waals surface area contributed by atoms with Gasteiger partial charge in [-0.1, -0.05) is 12.1 Å². The molecule has 0 radical (unpaired) electrons. The number of aryl methyl sites for hydroxylation is 2. The number of amides is 2. The zero-order valence-electron chi connectivity index (χ0n) is 13.8. The molecule has 0 aliphatic heterocycles. The smallest absolute Gasteiger partial charge is 0.279 e. The Labute approximate surface area is 145 Å². The summed E-state index contributed by atoms with van der Waals surface area (Å²) in [5.41, 5.74) is 6.93. The summed E-state index contributed by atoms with van der Waals surface area (Å²) in [5, 5.41) is 1.92. The lowest BCUT2D eigenvalue weighted by Crippen LogP contribution is -2.46. The van der Waals surface area contributed by atoms with E-state index in [-0.39, 0.29) is 0 Å². The lowest BCUT2D eigenvalue weighted by Gasteiger charge is -2.15. The van der Waals surface area contributed by atoms with Crippen LogP contribution in [-0.4, -0.2) is 17.9 Å². The lowest BCUT2D eigenvalue weighted by molar-refractivity contribution is -0.131. The molecule has 2 amide bonds. The molecule has 24 heavy (non-hydrogen) atoms. The highest BCUT2D eigenvalue weighted by molar-refractivity contribution is 7.10. The Bertz CT molecular complexity index is 739. The SMILES string of the molecule is Cc1ccc(OC(C)C(=O)NNC(=O)/C=C/c2cccs2)cc1C. The van der Waals surface area contributed by atoms with Gasteiger partial charge >= 0.3 is 0 Å². The standard InChI is InChI=1S/C18H20N2O3S/c1-12-6-7-15(11-13(12)2)23-14(3)18(22)20-19-17(21)9-8-16-5-4-10-24-16/h4-11,14H,1-3H3,(H,19,21)(H,20,22)/b9-8+. The molecule has 5 nitrogen and oxygen atoms in total. The minimum absolute atomic E-state index is 0.407. The van der Waals surface area contributed by atoms with Crippen molar-refractivity contribution >= 4 is 29.2 Å². The van der Waals surface area contributed by atoms with Crippen LogP contribution < -0.4 is 15.6 Å². The van der Waals surface area contributed by atoms with Crippen LogP contribution in [0.2, 0.25) is 0 Å². The minimum atomic E-state index is -0.728. The number of hydrogen-bond donors (Lipinski definition) is 2. The summed E-state index contributed by atoms with van der Waals surface area (Å²) in [7, 11) is 0. The number of carbonyl (C=O) groups is 2. The van der Waals surface area contributed by atoms with E-state index in [1.807, 2.05) is 49.6 Å². The number of nitrogens with one attached hydrogen (secondary N) is 2. The maximum atomic E-state index is 12.0. The first-order chi connectivity index (χ1) is 11.5. The Morgan fingerprint density at radius 2 is 1.96 bits per heavy atom. The first kappa shape index (κ1) is 17.7. The third-order valence-corrected chi connectivity index (χ3v) is 4.25. The van der Waals surface area contributed by atoms with E-state index in [2.05, 4.69) is 10.9 Å². The number of thiophene rings is 1. The van der Waals surface area contributed by atoms with Gasteiger partial charge in [-0.25, -0.2) is 0 Å². The van der Waals surface area contributed by atoms with Gasteiger partial charge in [-0.3, -0.25) is 20.4 Å². The van der Waals surface area contributed by atoms with Gasteiger partial charge in [0.1, 0.15) is 5.75 Å². The van der Waals surface area contributed by atoms with E-state index >= 15 is 0 Å². The second-order valence-corrected chi connectivity index (χ2v) is 6.31. The van der Waals surface area contributed by atoms with E-state index in [1.54, 1.807) is 13.0 Å². The van der Waals surface area contributed by atoms with Crippen molar-refractivity contribution in [3.8, 4) is 5.75 Å². The van der Waals surface area contributed by atoms with Crippen LogP contribution in [0.4, 0.5) is 0 Å². The van der Waals surface area contributed by atoms with E-state index in [9.17, 15) is 9.59 Å². The highest BCUT2D eigenvalue weighted by Crippen LogP contribution is 2.17. The molecule has 0 aliphatic rings. The van der Waals surface area contributed by atoms with Crippen molar-refractivity contribution in [2.45, 2.75) is 26.9 Å². The molecule has 0 fully saturated rings. The molecule has 126 valence electrons. The summed E-state index contributed by atoms with van der Waals surface area (Å²) in [6.45, 7) is 5.61. The summed E-state index contributed by atoms with van der Waals surface area (Å²) in [4.78, 5) is 24.6. The maximum absolute atomic E-state index is 12.0. The van der Waals surface area contributed by atoms with E-state index in [4.69, 9.17) is 4.74 Å². The average molecular weight is 344 g/mol. The van der Waals surface area contributed by atoms with Crippen molar-refractivity contribution < 1.29 is 14.3 Å². The molecule has 0 saturated carbocycles. The molecule has 0 aliphatic carbocycles. The Kier molecular flexibility index (Phi) is 6.14. The van der Waals surface area contributed by atoms with Gasteiger partial charge < -0.3 is 4.74 Å². The molecule has 1 atom stereocenters. The highest BCUT2D eigenvalue weighted by Gasteiger charge is 2.15. The summed E-state index contributed by atoms with van der Waals surface area (Å²) < 4.78 is 5.58. The Morgan fingerprint density at radius 3 is 2.62 bits per heavy atom. The van der Waals surface area contributed by atoms with Gasteiger partial charge in [-0.2, -0.15) is 0 Å². The number of ether oxygens (including phenoxy) is 1. The molecule has 1 aromatic heterocycles. The molecule has 1 aromatic carbocycles. The van der Waals surface area contributed by atoms with E-state index in [1.165, 1.54) is 17.4 Å². The molecular weight excluding hydrogens is 324 g/mol. The number of hydrogen-bond acceptors (Lipinski definition) is 4. The fourth-order valence-electron chi connectivity index (χ4n) is 1.86. The van der Waals surface area contributed by atoms with Crippen LogP contribution >= 0.6 is 11.3 Å². The normalized spacial score (nSPS) is 12.0. The molecule has 2 aromatic rings. The quantitative estimate of drug-likeness (QED) is 0.647. The van der Waals surface area contributed by atoms with Crippen molar-refractivity contribution in [1.82, 2.24) is 10.9 Å². The second-order valence-electron chi connectivity index (χ2n) is 5.33. The van der Waals surface area contributed by atoms with E-state index in [0.717, 1.165) is 16.0 Å². The molecule has 0 bridgehead atoms. The fraction of sp³-hybridized carbons (Fsp3) is 0.222. The van der Waals surface area contributed by atoms with Crippen LogP contribution in [0.25, 0.3) is 6.08 Å². The van der Waals surface area contributed by atoms with Gasteiger partial charge in [0.2, 0.25) is 0 Å². The Morgan fingerprint density at radius 1 is 1.17 bits per heavy atom. The van der Waals surface area contributed by atoms with Gasteiger partial charge in [0.05, 0.1) is 0 Å². The first-order valence-electron chi connectivity index (χ1n) is 7.51. The number of carbonyl (C=O) groups excluding carboxylic acids is 2. The van der Waals surface area contributed by atoms with Gasteiger partial charge in [0.25, 0.3) is 11.8 Å². The van der Waals surface area contributed by atoms with Crippen molar-refractivity contribution in [3.05, 3.63) is 57.8 Å². The molecule has 1 unspecified atom stereocenters. The van der Waals surface area contributed by atoms with E-state index in [0.29, 0.717) is 5.75 Å². The van der Waals surface area contributed by atoms with Gasteiger partial charge in [0.15, 0.2) is 6.10 Å². The average Bonchev–Trinajstić information content (AvgIpc) is 3.07. The largest absolute Gasteiger partial charge is 0.481 e. The molecule has 2 rings (SSSR count). The number of rotatable bonds is 5. The van der Waals surface area contributed by atoms with Crippen molar-refractivity contribution in [2.75, 3.05) is 0 Å². The first-order valence-corrected chi connectivity index (χ1v) is 8.39. The van der Waals surface area contributed by atoms with Crippen LogP contribution in [0, 0.1) is 13.8 Å². The van der Waals surface area contributed by atoms with Crippen LogP contribution in [0.3, 0.4) is 0 Å². The minimum Gasteiger partial charge on any atom is -0.481 e. The second kappa shape index (κ2) is 8.31. The van der Waals surface area contributed by atoms with Gasteiger partial charge in [-0.15, -0.1) is 11.3 Å². The highest BCUT2D eigenvalue weighted by atomic mass is 32.1. The summed E-state index contributed by atoms with van der Waals surface area (Å²) in [6, 6.07) is 9.42. The number of benzene rings is 1. The molecule has 2 N–H and O–H groups in total. The predicted molar refractivity (Wildman–Crippen MR) is 95.6 cm³/mol. The summed E-state index contributed by atoms with van der Waals surface area (Å²) in [5.74, 6) is -0.217. The van der Waals surface area contributed by atoms with Crippen LogP contribution in [0.1, 0.15) is 22.9 Å². The summed E-state index contributed by atoms with van der Waals surface area (Å²) in [6.07, 6.45) is 2.32. The third kappa shape index (κ3) is 5.24. The maximum Gasteiger partial charge on any atom is 0.279 e. The molecule has 6 heteroatoms. The Balaban J connectivity index is 1.80. The van der Waals surface area contributed by atoms with Crippen molar-refractivity contribution in [1.29, 1.82) is 0 Å². The zero-order valence-corrected chi connectivity index (χ0v) is 14.6.